The average Bonchev–Trinajstić information content (AvgIpc) is 2.90. The molecule has 1 aliphatic rings. The highest BCUT2D eigenvalue weighted by Gasteiger charge is 2.28. The molecule has 17 heavy (non-hydrogen) atoms. The van der Waals surface area contributed by atoms with Crippen molar-refractivity contribution < 1.29 is 4.74 Å². The molecule has 5 nitrogen and oxygen atoms in total. The molecule has 1 fully saturated rings. The first-order chi connectivity index (χ1) is 8.22. The van der Waals surface area contributed by atoms with E-state index in [1.54, 1.807) is 0 Å². The number of nitrogens with zero attached hydrogens (tertiary/aromatic N) is 2. The van der Waals surface area contributed by atoms with Crippen molar-refractivity contribution in [3.05, 3.63) is 18.2 Å². The van der Waals surface area contributed by atoms with Gasteiger partial charge in [0.2, 0.25) is 0 Å². The van der Waals surface area contributed by atoms with Gasteiger partial charge in [0.1, 0.15) is 0 Å². The van der Waals surface area contributed by atoms with Gasteiger partial charge in [-0.15, -0.1) is 0 Å². The molecule has 0 aliphatic carbocycles. The Bertz CT molecular complexity index is 344. The maximum atomic E-state index is 5.72. The van der Waals surface area contributed by atoms with Crippen molar-refractivity contribution in [1.29, 1.82) is 0 Å². The van der Waals surface area contributed by atoms with Gasteiger partial charge in [-0.3, -0.25) is 0 Å². The van der Waals surface area contributed by atoms with E-state index in [0.717, 1.165) is 38.4 Å². The first-order valence-corrected chi connectivity index (χ1v) is 6.27. The third kappa shape index (κ3) is 3.52. The van der Waals surface area contributed by atoms with Crippen LogP contribution in [0.25, 0.3) is 0 Å². The topological polar surface area (TPSA) is 65.1 Å². The van der Waals surface area contributed by atoms with Crippen molar-refractivity contribution in [2.24, 2.45) is 5.73 Å². The third-order valence-corrected chi connectivity index (χ3v) is 3.18. The Labute approximate surface area is 102 Å². The van der Waals surface area contributed by atoms with E-state index >= 15 is 0 Å². The lowest BCUT2D eigenvalue weighted by molar-refractivity contribution is 0.0206. The van der Waals surface area contributed by atoms with E-state index in [1.807, 2.05) is 17.1 Å². The molecule has 0 bridgehead atoms. The van der Waals surface area contributed by atoms with Crippen LogP contribution in [0.2, 0.25) is 0 Å². The van der Waals surface area contributed by atoms with E-state index in [9.17, 15) is 0 Å². The van der Waals surface area contributed by atoms with Gasteiger partial charge in [0.05, 0.1) is 17.6 Å². The summed E-state index contributed by atoms with van der Waals surface area (Å²) in [6, 6.07) is 0. The van der Waals surface area contributed by atoms with Gasteiger partial charge in [0, 0.05) is 39.0 Å². The molecule has 3 N–H and O–H groups in total. The van der Waals surface area contributed by atoms with E-state index in [0.29, 0.717) is 6.54 Å². The molecule has 1 saturated heterocycles. The zero-order chi connectivity index (χ0) is 12.1. The summed E-state index contributed by atoms with van der Waals surface area (Å²) >= 11 is 0. The van der Waals surface area contributed by atoms with Crippen LogP contribution in [0.1, 0.15) is 25.5 Å². The first-order valence-electron chi connectivity index (χ1n) is 6.27. The SMILES string of the molecule is CC1(CNCc2cn(CCN)cn2)CCCO1. The summed E-state index contributed by atoms with van der Waals surface area (Å²) in [5.41, 5.74) is 6.56. The van der Waals surface area contributed by atoms with E-state index in [4.69, 9.17) is 10.5 Å². The fraction of sp³-hybridized carbons (Fsp3) is 0.750. The second-order valence-electron chi connectivity index (χ2n) is 4.90. The van der Waals surface area contributed by atoms with E-state index in [-0.39, 0.29) is 5.60 Å². The Kier molecular flexibility index (Phi) is 4.15. The van der Waals surface area contributed by atoms with Crippen molar-refractivity contribution in [3.63, 3.8) is 0 Å². The third-order valence-electron chi connectivity index (χ3n) is 3.18. The molecule has 1 aliphatic heterocycles. The average molecular weight is 238 g/mol. The molecule has 5 heteroatoms. The van der Waals surface area contributed by atoms with Gasteiger partial charge in [-0.05, 0) is 19.8 Å². The number of nitrogens with two attached hydrogens (primary N) is 1. The first kappa shape index (κ1) is 12.5. The number of hydrogen-bond acceptors (Lipinski definition) is 4. The fourth-order valence-electron chi connectivity index (χ4n) is 2.20. The Balaban J connectivity index is 1.73. The lowest BCUT2D eigenvalue weighted by Gasteiger charge is -2.23. The Morgan fingerprint density at radius 3 is 3.24 bits per heavy atom. The molecule has 1 unspecified atom stereocenters. The van der Waals surface area contributed by atoms with Crippen LogP contribution in [0.5, 0.6) is 0 Å². The molecular weight excluding hydrogens is 216 g/mol. The van der Waals surface area contributed by atoms with Gasteiger partial charge in [0.25, 0.3) is 0 Å². The molecular formula is C12H22N4O. The molecule has 1 aromatic rings. The minimum Gasteiger partial charge on any atom is -0.374 e. The van der Waals surface area contributed by atoms with E-state index in [2.05, 4.69) is 17.2 Å². The quantitative estimate of drug-likeness (QED) is 0.757. The van der Waals surface area contributed by atoms with Crippen molar-refractivity contribution in [2.75, 3.05) is 19.7 Å². The second kappa shape index (κ2) is 5.62. The van der Waals surface area contributed by atoms with Gasteiger partial charge in [0.15, 0.2) is 0 Å². The van der Waals surface area contributed by atoms with Gasteiger partial charge >= 0.3 is 0 Å². The van der Waals surface area contributed by atoms with Crippen LogP contribution in [0.4, 0.5) is 0 Å². The summed E-state index contributed by atoms with van der Waals surface area (Å²) in [5.74, 6) is 0. The van der Waals surface area contributed by atoms with Crippen molar-refractivity contribution in [3.8, 4) is 0 Å². The molecule has 2 heterocycles. The van der Waals surface area contributed by atoms with Crippen LogP contribution < -0.4 is 11.1 Å². The number of ether oxygens (including phenoxy) is 1. The Morgan fingerprint density at radius 2 is 2.53 bits per heavy atom. The largest absolute Gasteiger partial charge is 0.374 e. The van der Waals surface area contributed by atoms with Gasteiger partial charge in [-0.1, -0.05) is 0 Å². The molecule has 0 aromatic carbocycles. The lowest BCUT2D eigenvalue weighted by atomic mass is 10.0. The van der Waals surface area contributed by atoms with Gasteiger partial charge in [-0.2, -0.15) is 0 Å². The Hall–Kier alpha value is -0.910. The normalized spacial score (nSPS) is 24.4. The molecule has 0 amide bonds. The highest BCUT2D eigenvalue weighted by molar-refractivity contribution is 4.96. The summed E-state index contributed by atoms with van der Waals surface area (Å²) in [6.07, 6.45) is 6.18. The Morgan fingerprint density at radius 1 is 1.65 bits per heavy atom. The number of nitrogens with one attached hydrogen (secondary N) is 1. The molecule has 1 atom stereocenters. The van der Waals surface area contributed by atoms with Crippen LogP contribution in [0.3, 0.4) is 0 Å². The van der Waals surface area contributed by atoms with Crippen LogP contribution >= 0.6 is 0 Å². The van der Waals surface area contributed by atoms with Crippen molar-refractivity contribution in [1.82, 2.24) is 14.9 Å². The lowest BCUT2D eigenvalue weighted by Crippen LogP contribution is -2.36. The number of hydrogen-bond donors (Lipinski definition) is 2. The second-order valence-corrected chi connectivity index (χ2v) is 4.90. The van der Waals surface area contributed by atoms with E-state index in [1.165, 1.54) is 6.42 Å². The van der Waals surface area contributed by atoms with Crippen molar-refractivity contribution in [2.45, 2.75) is 38.5 Å². The highest BCUT2D eigenvalue weighted by Crippen LogP contribution is 2.23. The number of rotatable bonds is 6. The minimum absolute atomic E-state index is 0.0137. The number of aromatic nitrogens is 2. The minimum atomic E-state index is 0.0137. The van der Waals surface area contributed by atoms with E-state index < -0.39 is 0 Å². The highest BCUT2D eigenvalue weighted by atomic mass is 16.5. The van der Waals surface area contributed by atoms with Gasteiger partial charge < -0.3 is 20.4 Å². The summed E-state index contributed by atoms with van der Waals surface area (Å²) in [5, 5.41) is 3.41. The number of imidazole rings is 1. The molecule has 0 saturated carbocycles. The molecule has 0 spiro atoms. The standard InChI is InChI=1S/C12H22N4O/c1-12(3-2-6-17-12)9-14-7-11-8-16(5-4-13)10-15-11/h8,10,14H,2-7,9,13H2,1H3. The van der Waals surface area contributed by atoms with Crippen LogP contribution in [0.15, 0.2) is 12.5 Å². The zero-order valence-corrected chi connectivity index (χ0v) is 10.5. The maximum absolute atomic E-state index is 5.72. The molecule has 1 aromatic heterocycles. The predicted molar refractivity (Wildman–Crippen MR) is 66.6 cm³/mol. The van der Waals surface area contributed by atoms with Crippen LogP contribution in [-0.2, 0) is 17.8 Å². The summed E-state index contributed by atoms with van der Waals surface area (Å²) < 4.78 is 7.74. The zero-order valence-electron chi connectivity index (χ0n) is 10.5. The summed E-state index contributed by atoms with van der Waals surface area (Å²) in [4.78, 5) is 4.33. The summed E-state index contributed by atoms with van der Waals surface area (Å²) in [7, 11) is 0. The van der Waals surface area contributed by atoms with Crippen LogP contribution in [0, 0.1) is 0 Å². The monoisotopic (exact) mass is 238 g/mol. The molecule has 2 rings (SSSR count). The predicted octanol–water partition coefficient (Wildman–Crippen LogP) is 0.500. The van der Waals surface area contributed by atoms with Crippen LogP contribution in [-0.4, -0.2) is 34.8 Å². The molecule has 96 valence electrons. The fourth-order valence-corrected chi connectivity index (χ4v) is 2.20. The molecule has 0 radical (unpaired) electrons. The smallest absolute Gasteiger partial charge is 0.0950 e. The summed E-state index contributed by atoms with van der Waals surface area (Å²) in [6.45, 7) is 6.21. The van der Waals surface area contributed by atoms with Gasteiger partial charge in [-0.25, -0.2) is 4.98 Å². The maximum Gasteiger partial charge on any atom is 0.0950 e. The van der Waals surface area contributed by atoms with Crippen molar-refractivity contribution >= 4 is 0 Å².